The minimum atomic E-state index is -0.141. The van der Waals surface area contributed by atoms with Crippen molar-refractivity contribution in [3.63, 3.8) is 0 Å². The van der Waals surface area contributed by atoms with E-state index in [1.54, 1.807) is 0 Å². The second kappa shape index (κ2) is 51.0. The van der Waals surface area contributed by atoms with Crippen LogP contribution in [-0.2, 0) is 68.1 Å². The number of hydrogen-bond acceptors (Lipinski definition) is 14. The minimum absolute atomic E-state index is 0.141. The Morgan fingerprint density at radius 3 is 0.968 bits per heavy atom. The molecule has 14 nitrogen and oxygen atoms in total. The Balaban J connectivity index is 1.66. The molecule has 14 heteroatoms. The molecule has 0 spiro atoms. The Morgan fingerprint density at radius 2 is 0.619 bits per heavy atom. The van der Waals surface area contributed by atoms with Gasteiger partial charge in [0.1, 0.15) is 19.0 Å². The van der Waals surface area contributed by atoms with Crippen LogP contribution in [0.3, 0.4) is 0 Å². The Bertz CT molecular complexity index is 1030. The van der Waals surface area contributed by atoms with E-state index in [-0.39, 0.29) is 12.6 Å². The van der Waals surface area contributed by atoms with E-state index < -0.39 is 0 Å². The molecule has 0 N–H and O–H groups in total. The summed E-state index contributed by atoms with van der Waals surface area (Å²) in [6.07, 6.45) is 19.3. The smallest absolute Gasteiger partial charge is 0.305 e. The van der Waals surface area contributed by atoms with Gasteiger partial charge in [0.05, 0.1) is 145 Å². The van der Waals surface area contributed by atoms with Crippen molar-refractivity contribution in [3.8, 4) is 5.75 Å². The number of rotatable bonds is 53. The summed E-state index contributed by atoms with van der Waals surface area (Å²) in [4.78, 5) is 11.7. The van der Waals surface area contributed by atoms with Crippen LogP contribution in [0, 0.1) is 0 Å². The van der Waals surface area contributed by atoms with Crippen molar-refractivity contribution in [2.24, 2.45) is 0 Å². The van der Waals surface area contributed by atoms with Crippen LogP contribution in [0.1, 0.15) is 116 Å². The van der Waals surface area contributed by atoms with Gasteiger partial charge in [0.15, 0.2) is 0 Å². The van der Waals surface area contributed by atoms with Crippen LogP contribution in [0.15, 0.2) is 24.3 Å². The molecule has 370 valence electrons. The molecule has 0 unspecified atom stereocenters. The zero-order valence-corrected chi connectivity index (χ0v) is 39.8. The van der Waals surface area contributed by atoms with E-state index in [9.17, 15) is 4.79 Å². The predicted octanol–water partition coefficient (Wildman–Crippen LogP) is 8.23. The highest BCUT2D eigenvalue weighted by Crippen LogP contribution is 2.15. The van der Waals surface area contributed by atoms with Gasteiger partial charge in [0.2, 0.25) is 0 Å². The first kappa shape index (κ1) is 59.1. The van der Waals surface area contributed by atoms with Gasteiger partial charge in [-0.3, -0.25) is 4.79 Å². The quantitative estimate of drug-likeness (QED) is 0.0459. The molecule has 0 atom stereocenters. The highest BCUT2D eigenvalue weighted by Gasteiger charge is 2.03. The first-order chi connectivity index (χ1) is 31.3. The number of aryl methyl sites for hydroxylation is 1. The molecule has 0 heterocycles. The largest absolute Gasteiger partial charge is 0.491 e. The van der Waals surface area contributed by atoms with Gasteiger partial charge in [-0.1, -0.05) is 103 Å². The van der Waals surface area contributed by atoms with Gasteiger partial charge in [0.25, 0.3) is 0 Å². The van der Waals surface area contributed by atoms with Crippen molar-refractivity contribution >= 4 is 5.97 Å². The Labute approximate surface area is 382 Å². The van der Waals surface area contributed by atoms with E-state index in [1.807, 2.05) is 0 Å². The molecule has 0 saturated heterocycles. The number of hydrogen-bond donors (Lipinski definition) is 0. The van der Waals surface area contributed by atoms with Crippen molar-refractivity contribution in [3.05, 3.63) is 29.8 Å². The number of carbonyl (C=O) groups is 1. The normalized spacial score (nSPS) is 11.5. The number of unbranched alkanes of at least 4 members (excludes halogenated alkanes) is 12. The third-order valence-electron chi connectivity index (χ3n) is 9.68. The Hall–Kier alpha value is -1.95. The summed E-state index contributed by atoms with van der Waals surface area (Å²) in [7, 11) is 0. The van der Waals surface area contributed by atoms with E-state index in [1.165, 1.54) is 82.6 Å². The lowest BCUT2D eigenvalue weighted by atomic mass is 10.0. The third kappa shape index (κ3) is 46.4. The van der Waals surface area contributed by atoms with Crippen molar-refractivity contribution in [2.45, 2.75) is 117 Å². The molecule has 0 radical (unpaired) electrons. The Morgan fingerprint density at radius 1 is 0.333 bits per heavy atom. The fourth-order valence-corrected chi connectivity index (χ4v) is 6.07. The second-order valence-electron chi connectivity index (χ2n) is 15.2. The lowest BCUT2D eigenvalue weighted by Gasteiger charge is -2.09. The standard InChI is InChI=1S/C49H90O14/c1-3-5-7-9-11-13-15-17-47-19-21-48(22-20-47)62-45-43-60-41-39-58-37-35-56-33-31-54-29-27-52-25-23-51-24-26-53-28-30-55-32-34-57-36-38-59-40-42-61-44-46-63-49(50)18-16-14-12-10-8-6-4-2/h19-22H,3-18,23-46H2,1-2H3. The molecular formula is C49H90O14. The number of esters is 1. The van der Waals surface area contributed by atoms with E-state index in [0.29, 0.717) is 158 Å². The molecule has 1 rings (SSSR count). The van der Waals surface area contributed by atoms with Crippen molar-refractivity contribution in [1.82, 2.24) is 0 Å². The average Bonchev–Trinajstić information content (AvgIpc) is 3.29. The summed E-state index contributed by atoms with van der Waals surface area (Å²) >= 11 is 0. The molecule has 63 heavy (non-hydrogen) atoms. The molecule has 0 aliphatic heterocycles. The van der Waals surface area contributed by atoms with Crippen LogP contribution in [0.5, 0.6) is 5.75 Å². The van der Waals surface area contributed by atoms with Gasteiger partial charge in [-0.2, -0.15) is 0 Å². The minimum Gasteiger partial charge on any atom is -0.491 e. The van der Waals surface area contributed by atoms with Gasteiger partial charge in [-0.15, -0.1) is 0 Å². The molecule has 0 saturated carbocycles. The Kier molecular flexibility index (Phi) is 47.9. The molecule has 0 amide bonds. The fourth-order valence-electron chi connectivity index (χ4n) is 6.07. The van der Waals surface area contributed by atoms with Crippen LogP contribution < -0.4 is 4.74 Å². The molecular weight excluding hydrogens is 813 g/mol. The number of ether oxygens (including phenoxy) is 13. The fraction of sp³-hybridized carbons (Fsp3) is 0.857. The summed E-state index contributed by atoms with van der Waals surface area (Å²) in [6.45, 7) is 16.2. The summed E-state index contributed by atoms with van der Waals surface area (Å²) < 4.78 is 71.7. The van der Waals surface area contributed by atoms with Crippen LogP contribution in [-0.4, -0.2) is 165 Å². The van der Waals surface area contributed by atoms with Gasteiger partial charge >= 0.3 is 5.97 Å². The van der Waals surface area contributed by atoms with E-state index in [4.69, 9.17) is 61.6 Å². The summed E-state index contributed by atoms with van der Waals surface area (Å²) in [6, 6.07) is 8.45. The van der Waals surface area contributed by atoms with Crippen LogP contribution >= 0.6 is 0 Å². The lowest BCUT2D eigenvalue weighted by Crippen LogP contribution is -2.16. The monoisotopic (exact) mass is 903 g/mol. The molecule has 0 bridgehead atoms. The van der Waals surface area contributed by atoms with Crippen LogP contribution in [0.2, 0.25) is 0 Å². The molecule has 0 aromatic heterocycles. The topological polar surface area (TPSA) is 137 Å². The maximum absolute atomic E-state index is 11.7. The third-order valence-corrected chi connectivity index (χ3v) is 9.68. The van der Waals surface area contributed by atoms with Crippen molar-refractivity contribution in [2.75, 3.05) is 159 Å². The maximum Gasteiger partial charge on any atom is 0.305 e. The van der Waals surface area contributed by atoms with Crippen LogP contribution in [0.25, 0.3) is 0 Å². The van der Waals surface area contributed by atoms with Gasteiger partial charge < -0.3 is 61.6 Å². The second-order valence-corrected chi connectivity index (χ2v) is 15.2. The lowest BCUT2D eigenvalue weighted by molar-refractivity contribution is -0.145. The van der Waals surface area contributed by atoms with Crippen LogP contribution in [0.4, 0.5) is 0 Å². The molecule has 0 aliphatic carbocycles. The van der Waals surface area contributed by atoms with Crippen molar-refractivity contribution in [1.29, 1.82) is 0 Å². The van der Waals surface area contributed by atoms with Gasteiger partial charge in [-0.25, -0.2) is 0 Å². The summed E-state index contributed by atoms with van der Waals surface area (Å²) in [5.74, 6) is 0.743. The van der Waals surface area contributed by atoms with E-state index in [0.717, 1.165) is 25.0 Å². The van der Waals surface area contributed by atoms with Gasteiger partial charge in [0, 0.05) is 6.42 Å². The SMILES string of the molecule is CCCCCCCCCC(=O)OCCOCCOCCOCCOCCOCCOCCOCCOCCOCCOCCOCCOc1ccc(CCCCCCCCC)cc1. The average molecular weight is 903 g/mol. The molecule has 1 aromatic rings. The predicted molar refractivity (Wildman–Crippen MR) is 246 cm³/mol. The number of carbonyl (C=O) groups excluding carboxylic acids is 1. The zero-order valence-electron chi connectivity index (χ0n) is 39.8. The van der Waals surface area contributed by atoms with Crippen molar-refractivity contribution < 1.29 is 66.4 Å². The molecule has 0 fully saturated rings. The zero-order chi connectivity index (χ0) is 45.0. The van der Waals surface area contributed by atoms with Gasteiger partial charge in [-0.05, 0) is 37.0 Å². The number of benzene rings is 1. The van der Waals surface area contributed by atoms with E-state index in [2.05, 4.69) is 38.1 Å². The summed E-state index contributed by atoms with van der Waals surface area (Å²) in [5.41, 5.74) is 1.38. The first-order valence-corrected chi connectivity index (χ1v) is 24.5. The first-order valence-electron chi connectivity index (χ1n) is 24.5. The highest BCUT2D eigenvalue weighted by molar-refractivity contribution is 5.69. The maximum atomic E-state index is 11.7. The molecule has 0 aliphatic rings. The highest BCUT2D eigenvalue weighted by atomic mass is 16.6. The van der Waals surface area contributed by atoms with E-state index >= 15 is 0 Å². The summed E-state index contributed by atoms with van der Waals surface area (Å²) in [5, 5.41) is 0. The molecule has 1 aromatic carbocycles.